The quantitative estimate of drug-likeness (QED) is 0.0129. The van der Waals surface area contributed by atoms with Gasteiger partial charge in [-0.1, -0.05) is 151 Å². The van der Waals surface area contributed by atoms with E-state index in [4.69, 9.17) is 66.1 Å². The molecule has 0 spiro atoms. The van der Waals surface area contributed by atoms with E-state index < -0.39 is 203 Å². The maximum absolute atomic E-state index is 13.8. The summed E-state index contributed by atoms with van der Waals surface area (Å²) in [6, 6.07) is 11.2. The first kappa shape index (κ1) is 108. The van der Waals surface area contributed by atoms with E-state index in [1.54, 1.807) is 6.07 Å². The highest BCUT2D eigenvalue weighted by molar-refractivity contribution is 8.77. The highest BCUT2D eigenvalue weighted by Gasteiger charge is 2.40. The predicted octanol–water partition coefficient (Wildman–Crippen LogP) is 3.93. The molecule has 41 nitrogen and oxygen atoms in total. The van der Waals surface area contributed by atoms with E-state index in [9.17, 15) is 92.3 Å². The van der Waals surface area contributed by atoms with Crippen LogP contribution < -0.4 is 55.2 Å². The summed E-state index contributed by atoms with van der Waals surface area (Å²) in [5, 5.41) is 95.1. The Labute approximate surface area is 749 Å². The van der Waals surface area contributed by atoms with Crippen molar-refractivity contribution in [1.82, 2.24) is 45.7 Å². The summed E-state index contributed by atoms with van der Waals surface area (Å²) in [5.74, 6) is -3.84. The molecule has 16 atom stereocenters. The number of hydrogen-bond donors (Lipinski definition) is 16. The number of Topliss-reactive ketones (excluding diaryl/α,β-unsaturated/α-hetero) is 2. The van der Waals surface area contributed by atoms with Crippen molar-refractivity contribution in [3.05, 3.63) is 104 Å². The number of rotatable bonds is 49. The average molecular weight is 1940 g/mol. The van der Waals surface area contributed by atoms with Crippen LogP contribution in [-0.2, 0) is 80.8 Å². The van der Waals surface area contributed by atoms with Crippen molar-refractivity contribution >= 4 is 183 Å². The molecular formula is C75H99N13O28P6S4. The first-order valence-electron chi connectivity index (χ1n) is 38.3. The number of nitrogens with one attached hydrogen (secondary N) is 5. The number of nitrogen functional groups attached to an aromatic ring is 2. The molecule has 2 aromatic heterocycles. The third kappa shape index (κ3) is 38.4. The molecule has 0 saturated carbocycles. The van der Waals surface area contributed by atoms with Crippen LogP contribution in [0.1, 0.15) is 137 Å². The number of nitrogens with zero attached hydrogens (tertiary/aromatic N) is 5. The van der Waals surface area contributed by atoms with Gasteiger partial charge in [-0.3, -0.25) is 57.1 Å². The van der Waals surface area contributed by atoms with Crippen LogP contribution in [0.3, 0.4) is 0 Å². The van der Waals surface area contributed by atoms with Gasteiger partial charge in [-0.15, -0.1) is 0 Å². The zero-order valence-corrected chi connectivity index (χ0v) is 77.3. The molecule has 5 amide bonds. The predicted molar refractivity (Wildman–Crippen MR) is 482 cm³/mol. The molecule has 1 aliphatic carbocycles. The number of nitriles is 1. The van der Waals surface area contributed by atoms with Crippen molar-refractivity contribution in [2.75, 3.05) is 67.4 Å². The molecule has 3 aliphatic rings. The number of carbonyl (C=O) groups is 13. The van der Waals surface area contributed by atoms with Crippen LogP contribution in [0, 0.1) is 46.8 Å². The van der Waals surface area contributed by atoms with Crippen molar-refractivity contribution in [1.29, 1.82) is 5.26 Å². The highest BCUT2D eigenvalue weighted by atomic mass is 33.1. The van der Waals surface area contributed by atoms with Crippen LogP contribution >= 0.6 is 93.9 Å². The third-order valence-corrected chi connectivity index (χ3v) is 26.0. The second-order valence-corrected chi connectivity index (χ2v) is 44.7. The summed E-state index contributed by atoms with van der Waals surface area (Å²) in [5.41, 5.74) is 20.8. The van der Waals surface area contributed by atoms with Crippen LogP contribution in [0.15, 0.2) is 70.5 Å². The summed E-state index contributed by atoms with van der Waals surface area (Å²) >= 11 is 0. The number of carboxylic acids is 6. The number of fused-ring (bicyclic) bond motifs is 3. The van der Waals surface area contributed by atoms with E-state index in [-0.39, 0.29) is 112 Å². The van der Waals surface area contributed by atoms with Crippen molar-refractivity contribution < 1.29 is 126 Å². The third-order valence-electron chi connectivity index (χ3n) is 18.3. The molecule has 2 aromatic carbocycles. The number of carbonyl (C=O) groups excluding carboxylic acids is 7. The minimum Gasteiger partial charge on any atom is -0.481 e. The number of carboxylic acid groups (broad SMARTS) is 6. The van der Waals surface area contributed by atoms with Crippen LogP contribution in [0.5, 0.6) is 0 Å². The average Bonchev–Trinajstić information content (AvgIpc) is 1.61. The van der Waals surface area contributed by atoms with Crippen LogP contribution in [-0.4, -0.2) is 242 Å². The van der Waals surface area contributed by atoms with Gasteiger partial charge in [0.25, 0.3) is 0 Å². The topological polar surface area (TPSA) is 662 Å². The lowest BCUT2D eigenvalue weighted by Gasteiger charge is -2.22. The lowest BCUT2D eigenvalue weighted by molar-refractivity contribution is -0.148. The van der Waals surface area contributed by atoms with E-state index in [2.05, 4.69) is 85.3 Å². The fourth-order valence-electron chi connectivity index (χ4n) is 12.2. The van der Waals surface area contributed by atoms with Crippen LogP contribution in [0.25, 0.3) is 11.1 Å². The molecule has 2 saturated heterocycles. The van der Waals surface area contributed by atoms with Gasteiger partial charge in [-0.25, -0.2) is 24.0 Å². The van der Waals surface area contributed by atoms with E-state index in [1.165, 1.54) is 71.6 Å². The SMILES string of the molecule is CC#N.Nc1nc(=O)n(C2CC(O)C(COP(P)P)O2)cc1C#CCNC(=O)CCSSCCCC(N)C(=O)CC(CC(=O)O)C(=O)NC(CC(=O)O)C(=O)O.Nc1nc(=O)n(C2CC(O)C(COP(P)P)O2)cc1C#CCNC(=O)CCSSCCCC(NC(=O)OCC1c2ccccc2-c2ccccc21)C(=O)CC(CC(=O)O)C(=O)NC(CC(=O)O)C(=O)O. The molecular weight excluding hydrogens is 1840 g/mol. The molecule has 16 unspecified atom stereocenters. The van der Waals surface area contributed by atoms with Crippen molar-refractivity contribution in [2.45, 2.75) is 164 Å². The number of hydrogen-bond acceptors (Lipinski definition) is 32. The first-order valence-corrected chi connectivity index (χ1v) is 52.2. The normalized spacial score (nSPS) is 17.3. The molecule has 126 heavy (non-hydrogen) atoms. The Balaban J connectivity index is 0.000000450. The van der Waals surface area contributed by atoms with E-state index in [0.717, 1.165) is 22.3 Å². The molecule has 0 bridgehead atoms. The fraction of sp³-hybridized carbons (Fsp3) is 0.493. The minimum atomic E-state index is -1.89. The van der Waals surface area contributed by atoms with Gasteiger partial charge >= 0.3 is 53.3 Å². The zero-order chi connectivity index (χ0) is 93.3. The second kappa shape index (κ2) is 56.7. The van der Waals surface area contributed by atoms with Gasteiger partial charge in [-0.05, 0) is 47.9 Å². The summed E-state index contributed by atoms with van der Waals surface area (Å²) in [4.78, 5) is 191. The fourth-order valence-corrected chi connectivity index (χ4v) is 18.1. The lowest BCUT2D eigenvalue weighted by Crippen LogP contribution is -2.47. The van der Waals surface area contributed by atoms with E-state index in [1.807, 2.05) is 59.2 Å². The van der Waals surface area contributed by atoms with Gasteiger partial charge in [0.1, 0.15) is 60.8 Å². The van der Waals surface area contributed by atoms with Gasteiger partial charge in [0, 0.05) is 86.8 Å². The second-order valence-electron chi connectivity index (χ2n) is 27.6. The number of nitrogens with two attached hydrogens (primary N) is 3. The summed E-state index contributed by atoms with van der Waals surface area (Å²) in [6.07, 6.45) is -5.92. The molecule has 7 rings (SSSR count). The Bertz CT molecular complexity index is 4740. The Hall–Kier alpha value is -8.58. The van der Waals surface area contributed by atoms with E-state index >= 15 is 0 Å². The minimum absolute atomic E-state index is 0.00365. The number of ketones is 2. The molecule has 686 valence electrons. The van der Waals surface area contributed by atoms with Crippen molar-refractivity contribution in [2.24, 2.45) is 17.6 Å². The van der Waals surface area contributed by atoms with Gasteiger partial charge in [0.2, 0.25) is 23.6 Å². The molecule has 2 aliphatic heterocycles. The zero-order valence-electron chi connectivity index (χ0n) is 67.6. The Morgan fingerprint density at radius 1 is 0.563 bits per heavy atom. The first-order chi connectivity index (χ1) is 59.8. The Kier molecular flexibility index (Phi) is 48.6. The molecule has 4 aromatic rings. The number of aliphatic hydroxyl groups is 2. The summed E-state index contributed by atoms with van der Waals surface area (Å²) in [7, 11) is 14.0. The number of alkyl carbamates (subject to hydrolysis) is 1. The molecule has 19 N–H and O–H groups in total. The standard InChI is InChI=1S/C44H53N6O15P3S2.C29H43N6O13P3S2.C2H3N/c45-40-24(21-50(43(61)49-40)37-20-34(52)35(65-37)23-64-68(66)67)7-5-14-46-36(53)13-16-70-69-15-6-12-31(33(51)17-25(18-38(54)55)41(58)47-32(42(59)60)19-39(56)57)48-44(62)63-22-30-28-10-3-1-8-26(28)27-9-2-4-11-29(27)30;30-17(19(36)9-16(10-24(39)40)27(43)33-18(28(44)45)11-25(41)42)4-2-7-52-53-8-5-22(38)32-6-1-3-15-13-35(29(46)34-26(15)31)23-12-20(37)21(48-23)14-47-51(49)50;1-2-3/h1-4,8-11,21,25,30-32,34-35,37,52H,6,12-20,22-23,66-67H2,(H,46,53)(H,47,58)(H,48,62)(H,54,55)(H,56,57)(H,59,60)(H2,45,49,61);13,16-18,20-21,23,37H,2,4-12,14,30,49-50H2,(H,32,38)(H,33,43)(H,39,40)(H,41,42)(H,44,45)(H2,31,34,46);1H3. The largest absolute Gasteiger partial charge is 0.481 e. The van der Waals surface area contributed by atoms with Crippen molar-refractivity contribution in [3.8, 4) is 40.9 Å². The van der Waals surface area contributed by atoms with Gasteiger partial charge in [-0.2, -0.15) is 15.2 Å². The van der Waals surface area contributed by atoms with Gasteiger partial charge in [0.15, 0.2) is 5.78 Å². The number of aliphatic hydroxyl groups excluding tert-OH is 2. The smallest absolute Gasteiger partial charge is 0.407 e. The maximum Gasteiger partial charge on any atom is 0.407 e. The molecule has 0 radical (unpaired) electrons. The van der Waals surface area contributed by atoms with E-state index in [0.29, 0.717) is 35.9 Å². The Morgan fingerprint density at radius 3 is 1.35 bits per heavy atom. The number of amides is 5. The van der Waals surface area contributed by atoms with Gasteiger partial charge in [0.05, 0.1) is 120 Å². The van der Waals surface area contributed by atoms with Crippen LogP contribution in [0.4, 0.5) is 16.4 Å². The number of benzene rings is 2. The number of anilines is 2. The monoisotopic (exact) mass is 1940 g/mol. The maximum atomic E-state index is 13.8. The highest BCUT2D eigenvalue weighted by Crippen LogP contribution is 2.55. The van der Waals surface area contributed by atoms with Crippen molar-refractivity contribution in [3.63, 3.8) is 0 Å². The number of ether oxygens (including phenoxy) is 3. The summed E-state index contributed by atoms with van der Waals surface area (Å²) < 4.78 is 30.7. The van der Waals surface area contributed by atoms with Gasteiger partial charge < -0.3 is 108 Å². The molecule has 51 heteroatoms. The lowest BCUT2D eigenvalue weighted by atomic mass is 9.92. The molecule has 2 fully saturated rings. The number of aromatic nitrogens is 4. The van der Waals surface area contributed by atoms with Crippen LogP contribution in [0.2, 0.25) is 0 Å². The Morgan fingerprint density at radius 2 is 0.952 bits per heavy atom. The number of aliphatic carboxylic acids is 6. The summed E-state index contributed by atoms with van der Waals surface area (Å²) in [6.45, 7) is 1.61. The molecule has 4 heterocycles.